The maximum absolute atomic E-state index is 9.43. The van der Waals surface area contributed by atoms with Crippen molar-refractivity contribution in [3.8, 4) is 0 Å². The van der Waals surface area contributed by atoms with Crippen LogP contribution in [-0.2, 0) is 17.9 Å². The number of aliphatic hydroxyl groups is 1. The Balaban J connectivity index is 2.33. The number of nitrogens with zero attached hydrogens (tertiary/aromatic N) is 3. The molecule has 1 aromatic carbocycles. The highest BCUT2D eigenvalue weighted by molar-refractivity contribution is 6.03. The Morgan fingerprint density at radius 2 is 2.05 bits per heavy atom. The van der Waals surface area contributed by atoms with Gasteiger partial charge in [-0.25, -0.2) is 4.98 Å². The van der Waals surface area contributed by atoms with E-state index in [1.165, 1.54) is 5.56 Å². The van der Waals surface area contributed by atoms with Gasteiger partial charge in [-0.3, -0.25) is 4.98 Å². The van der Waals surface area contributed by atoms with Gasteiger partial charge in [-0.05, 0) is 32.4 Å². The van der Waals surface area contributed by atoms with E-state index in [-0.39, 0.29) is 6.61 Å². The van der Waals surface area contributed by atoms with Gasteiger partial charge >= 0.3 is 0 Å². The highest BCUT2D eigenvalue weighted by atomic mass is 16.5. The van der Waals surface area contributed by atoms with Gasteiger partial charge in [-0.2, -0.15) is 0 Å². The summed E-state index contributed by atoms with van der Waals surface area (Å²) in [5.74, 6) is 0.837. The van der Waals surface area contributed by atoms with Crippen molar-refractivity contribution in [2.45, 2.75) is 33.9 Å². The summed E-state index contributed by atoms with van der Waals surface area (Å²) < 4.78 is 7.57. The molecule has 0 aliphatic carbocycles. The van der Waals surface area contributed by atoms with Crippen LogP contribution in [0.3, 0.4) is 0 Å². The predicted molar refractivity (Wildman–Crippen MR) is 86.9 cm³/mol. The van der Waals surface area contributed by atoms with E-state index in [0.717, 1.165) is 33.5 Å². The maximum atomic E-state index is 9.43. The van der Waals surface area contributed by atoms with Gasteiger partial charge in [0.1, 0.15) is 17.9 Å². The predicted octanol–water partition coefficient (Wildman–Crippen LogP) is 2.73. The lowest BCUT2D eigenvalue weighted by atomic mass is 10.1. The fraction of sp³-hybridized carbons (Fsp3) is 0.412. The second-order valence-electron chi connectivity index (χ2n) is 5.46. The molecule has 0 saturated carbocycles. The lowest BCUT2D eigenvalue weighted by Crippen LogP contribution is -2.08. The molecule has 0 fully saturated rings. The van der Waals surface area contributed by atoms with Crippen molar-refractivity contribution in [3.63, 3.8) is 0 Å². The van der Waals surface area contributed by atoms with Crippen molar-refractivity contribution in [1.29, 1.82) is 0 Å². The molecule has 5 heteroatoms. The molecule has 0 saturated heterocycles. The number of aromatic nitrogens is 3. The Labute approximate surface area is 129 Å². The third-order valence-corrected chi connectivity index (χ3v) is 3.84. The van der Waals surface area contributed by atoms with E-state index in [4.69, 9.17) is 9.72 Å². The molecular weight excluding hydrogens is 278 g/mol. The van der Waals surface area contributed by atoms with Crippen LogP contribution in [0.4, 0.5) is 0 Å². The Morgan fingerprint density at radius 1 is 1.23 bits per heavy atom. The van der Waals surface area contributed by atoms with E-state index in [9.17, 15) is 5.11 Å². The molecule has 0 unspecified atom stereocenters. The molecule has 0 atom stereocenters. The van der Waals surface area contributed by atoms with Gasteiger partial charge in [0, 0.05) is 18.5 Å². The minimum Gasteiger partial charge on any atom is -0.395 e. The number of pyridine rings is 1. The quantitative estimate of drug-likeness (QED) is 0.787. The van der Waals surface area contributed by atoms with Gasteiger partial charge in [-0.1, -0.05) is 12.1 Å². The lowest BCUT2D eigenvalue weighted by molar-refractivity contribution is 0.125. The van der Waals surface area contributed by atoms with E-state index in [0.29, 0.717) is 19.8 Å². The van der Waals surface area contributed by atoms with Crippen molar-refractivity contribution in [1.82, 2.24) is 14.5 Å². The van der Waals surface area contributed by atoms with E-state index in [1.54, 1.807) is 0 Å². The SMILES string of the molecule is CCOCc1nc2c(C)nc3cc(C)ccc3c2n1CCO. The Kier molecular flexibility index (Phi) is 4.09. The first-order chi connectivity index (χ1) is 10.7. The molecule has 3 aromatic rings. The van der Waals surface area contributed by atoms with Gasteiger partial charge < -0.3 is 14.4 Å². The van der Waals surface area contributed by atoms with Crippen molar-refractivity contribution in [2.24, 2.45) is 0 Å². The monoisotopic (exact) mass is 299 g/mol. The average Bonchev–Trinajstić information content (AvgIpc) is 2.85. The molecule has 116 valence electrons. The molecule has 0 bridgehead atoms. The highest BCUT2D eigenvalue weighted by Crippen LogP contribution is 2.28. The first-order valence-corrected chi connectivity index (χ1v) is 7.60. The van der Waals surface area contributed by atoms with Crippen LogP contribution in [0.15, 0.2) is 18.2 Å². The zero-order valence-corrected chi connectivity index (χ0v) is 13.3. The van der Waals surface area contributed by atoms with Gasteiger partial charge in [0.25, 0.3) is 0 Å². The summed E-state index contributed by atoms with van der Waals surface area (Å²) >= 11 is 0. The molecule has 0 spiro atoms. The highest BCUT2D eigenvalue weighted by Gasteiger charge is 2.16. The topological polar surface area (TPSA) is 60.2 Å². The summed E-state index contributed by atoms with van der Waals surface area (Å²) in [6.45, 7) is 7.66. The number of benzene rings is 1. The Morgan fingerprint density at radius 3 is 2.77 bits per heavy atom. The number of ether oxygens (including phenoxy) is 1. The zero-order chi connectivity index (χ0) is 15.7. The van der Waals surface area contributed by atoms with E-state index >= 15 is 0 Å². The number of hydrogen-bond donors (Lipinski definition) is 1. The zero-order valence-electron chi connectivity index (χ0n) is 13.3. The van der Waals surface area contributed by atoms with Gasteiger partial charge in [0.05, 0.1) is 23.3 Å². The number of hydrogen-bond acceptors (Lipinski definition) is 4. The molecule has 0 amide bonds. The fourth-order valence-electron chi connectivity index (χ4n) is 2.84. The first kappa shape index (κ1) is 14.9. The van der Waals surface area contributed by atoms with Crippen LogP contribution in [-0.4, -0.2) is 32.9 Å². The minimum absolute atomic E-state index is 0.0688. The van der Waals surface area contributed by atoms with Crippen molar-refractivity contribution < 1.29 is 9.84 Å². The molecule has 5 nitrogen and oxygen atoms in total. The maximum Gasteiger partial charge on any atom is 0.136 e. The molecule has 0 aliphatic heterocycles. The fourth-order valence-corrected chi connectivity index (χ4v) is 2.84. The minimum atomic E-state index is 0.0688. The molecule has 2 aromatic heterocycles. The molecule has 22 heavy (non-hydrogen) atoms. The number of rotatable bonds is 5. The molecular formula is C17H21N3O2. The van der Waals surface area contributed by atoms with Gasteiger partial charge in [-0.15, -0.1) is 0 Å². The molecule has 0 aliphatic rings. The second-order valence-corrected chi connectivity index (χ2v) is 5.46. The van der Waals surface area contributed by atoms with E-state index in [1.807, 2.05) is 13.8 Å². The van der Waals surface area contributed by atoms with Crippen molar-refractivity contribution in [2.75, 3.05) is 13.2 Å². The number of fused-ring (bicyclic) bond motifs is 3. The molecule has 0 radical (unpaired) electrons. The summed E-state index contributed by atoms with van der Waals surface area (Å²) in [4.78, 5) is 9.39. The number of imidazole rings is 1. The van der Waals surface area contributed by atoms with Crippen LogP contribution in [0, 0.1) is 13.8 Å². The molecule has 1 N–H and O–H groups in total. The van der Waals surface area contributed by atoms with Crippen LogP contribution < -0.4 is 0 Å². The average molecular weight is 299 g/mol. The van der Waals surface area contributed by atoms with Gasteiger partial charge in [0.15, 0.2) is 0 Å². The third-order valence-electron chi connectivity index (χ3n) is 3.84. The lowest BCUT2D eigenvalue weighted by Gasteiger charge is -2.09. The van der Waals surface area contributed by atoms with Crippen molar-refractivity contribution in [3.05, 3.63) is 35.3 Å². The Bertz CT molecular complexity index is 824. The standard InChI is InChI=1S/C17H21N3O2/c1-4-22-10-15-19-16-12(3)18-14-9-11(2)5-6-13(14)17(16)20(15)7-8-21/h5-6,9,21H,4,7-8,10H2,1-3H3. The van der Waals surface area contributed by atoms with E-state index in [2.05, 4.69) is 34.7 Å². The van der Waals surface area contributed by atoms with Crippen LogP contribution in [0.25, 0.3) is 21.9 Å². The van der Waals surface area contributed by atoms with E-state index < -0.39 is 0 Å². The summed E-state index contributed by atoms with van der Waals surface area (Å²) in [6, 6.07) is 6.25. The van der Waals surface area contributed by atoms with Gasteiger partial charge in [0.2, 0.25) is 0 Å². The Hall–Kier alpha value is -1.98. The molecule has 2 heterocycles. The first-order valence-electron chi connectivity index (χ1n) is 7.60. The van der Waals surface area contributed by atoms with Crippen LogP contribution in [0.5, 0.6) is 0 Å². The summed E-state index contributed by atoms with van der Waals surface area (Å²) in [7, 11) is 0. The summed E-state index contributed by atoms with van der Waals surface area (Å²) in [5, 5.41) is 10.5. The summed E-state index contributed by atoms with van der Waals surface area (Å²) in [6.07, 6.45) is 0. The number of aryl methyl sites for hydroxylation is 2. The largest absolute Gasteiger partial charge is 0.395 e. The smallest absolute Gasteiger partial charge is 0.136 e. The molecule has 3 rings (SSSR count). The summed E-state index contributed by atoms with van der Waals surface area (Å²) in [5.41, 5.74) is 4.97. The third kappa shape index (κ3) is 2.46. The normalized spacial score (nSPS) is 11.6. The van der Waals surface area contributed by atoms with Crippen LogP contribution in [0.2, 0.25) is 0 Å². The van der Waals surface area contributed by atoms with Crippen LogP contribution >= 0.6 is 0 Å². The number of aliphatic hydroxyl groups excluding tert-OH is 1. The van der Waals surface area contributed by atoms with Crippen LogP contribution in [0.1, 0.15) is 24.0 Å². The second kappa shape index (κ2) is 6.02. The van der Waals surface area contributed by atoms with Crippen molar-refractivity contribution >= 4 is 21.9 Å².